The number of aromatic carboxylic acids is 1. The average Bonchev–Trinajstić information content (AvgIpc) is 2.87. The Hall–Kier alpha value is -4.85. The first-order chi connectivity index (χ1) is 17.4. The summed E-state index contributed by atoms with van der Waals surface area (Å²) < 4.78 is 7.21. The molecule has 1 heterocycles. The lowest BCUT2D eigenvalue weighted by Crippen LogP contribution is -2.23. The number of urea groups is 1. The number of aryl methyl sites for hydroxylation is 1. The lowest BCUT2D eigenvalue weighted by Gasteiger charge is -2.11. The van der Waals surface area contributed by atoms with Gasteiger partial charge in [-0.15, -0.1) is 0 Å². The van der Waals surface area contributed by atoms with E-state index in [4.69, 9.17) is 9.84 Å². The van der Waals surface area contributed by atoms with Crippen LogP contribution in [-0.2, 0) is 6.54 Å². The normalized spacial score (nSPS) is 10.5. The van der Waals surface area contributed by atoms with Gasteiger partial charge in [0.05, 0.1) is 12.1 Å². The van der Waals surface area contributed by atoms with E-state index < -0.39 is 5.97 Å². The van der Waals surface area contributed by atoms with Gasteiger partial charge < -0.3 is 25.0 Å². The number of hydrogen-bond acceptors (Lipinski definition) is 4. The van der Waals surface area contributed by atoms with Crippen molar-refractivity contribution in [3.8, 4) is 16.9 Å². The van der Waals surface area contributed by atoms with Crippen LogP contribution in [0.5, 0.6) is 5.75 Å². The van der Waals surface area contributed by atoms with Gasteiger partial charge in [-0.25, -0.2) is 9.59 Å². The molecule has 1 aromatic heterocycles. The molecular formula is C28H25N3O5. The van der Waals surface area contributed by atoms with E-state index in [1.807, 2.05) is 31.2 Å². The molecule has 8 heteroatoms. The zero-order chi connectivity index (χ0) is 25.5. The Morgan fingerprint density at radius 1 is 0.889 bits per heavy atom. The molecular weight excluding hydrogens is 458 g/mol. The van der Waals surface area contributed by atoms with Crippen LogP contribution in [0.3, 0.4) is 0 Å². The van der Waals surface area contributed by atoms with E-state index in [2.05, 4.69) is 10.6 Å². The van der Waals surface area contributed by atoms with E-state index in [-0.39, 0.29) is 23.8 Å². The van der Waals surface area contributed by atoms with Crippen molar-refractivity contribution in [2.45, 2.75) is 13.5 Å². The van der Waals surface area contributed by atoms with Crippen molar-refractivity contribution in [3.63, 3.8) is 0 Å². The van der Waals surface area contributed by atoms with Gasteiger partial charge in [0, 0.05) is 23.1 Å². The van der Waals surface area contributed by atoms with Gasteiger partial charge in [-0.1, -0.05) is 30.3 Å². The number of hydrogen-bond donors (Lipinski definition) is 3. The predicted molar refractivity (Wildman–Crippen MR) is 139 cm³/mol. The summed E-state index contributed by atoms with van der Waals surface area (Å²) in [5, 5.41) is 14.6. The molecule has 8 nitrogen and oxygen atoms in total. The Morgan fingerprint density at radius 2 is 1.61 bits per heavy atom. The molecule has 0 aliphatic rings. The number of carbonyl (C=O) groups is 2. The molecule has 3 aromatic carbocycles. The molecule has 182 valence electrons. The van der Waals surface area contributed by atoms with Crippen LogP contribution in [0.2, 0.25) is 0 Å². The highest BCUT2D eigenvalue weighted by Crippen LogP contribution is 2.19. The summed E-state index contributed by atoms with van der Waals surface area (Å²) in [6, 6.07) is 23.9. The van der Waals surface area contributed by atoms with Crippen LogP contribution in [0.1, 0.15) is 15.9 Å². The second-order valence-corrected chi connectivity index (χ2v) is 8.07. The molecule has 0 unspecified atom stereocenters. The second-order valence-electron chi connectivity index (χ2n) is 8.07. The molecule has 0 radical (unpaired) electrons. The number of nitrogens with one attached hydrogen (secondary N) is 2. The van der Waals surface area contributed by atoms with Crippen molar-refractivity contribution in [1.82, 2.24) is 4.57 Å². The highest BCUT2D eigenvalue weighted by Gasteiger charge is 2.09. The number of rotatable bonds is 8. The highest BCUT2D eigenvalue weighted by molar-refractivity contribution is 6.00. The van der Waals surface area contributed by atoms with Crippen molar-refractivity contribution < 1.29 is 19.4 Å². The topological polar surface area (TPSA) is 110 Å². The quantitative estimate of drug-likeness (QED) is 0.317. The number of carboxylic acid groups (broad SMARTS) is 1. The summed E-state index contributed by atoms with van der Waals surface area (Å²) in [6.07, 6.45) is 1.69. The lowest BCUT2D eigenvalue weighted by molar-refractivity contribution is 0.0697. The Balaban J connectivity index is 1.37. The fraction of sp³-hybridized carbons (Fsp3) is 0.107. The van der Waals surface area contributed by atoms with Gasteiger partial charge in [-0.05, 0) is 72.6 Å². The Morgan fingerprint density at radius 3 is 2.31 bits per heavy atom. The number of carbonyl (C=O) groups excluding carboxylic acids is 1. The van der Waals surface area contributed by atoms with E-state index >= 15 is 0 Å². The fourth-order valence-electron chi connectivity index (χ4n) is 3.62. The SMILES string of the molecule is Cc1ccccc1NC(=O)Nc1ccc(-c2cccn(CCOc3ccc(C(=O)O)cc3)c2=O)cc1. The number of anilines is 2. The van der Waals surface area contributed by atoms with Gasteiger partial charge in [-0.3, -0.25) is 4.79 Å². The van der Waals surface area contributed by atoms with E-state index in [1.165, 1.54) is 12.1 Å². The van der Waals surface area contributed by atoms with Crippen LogP contribution < -0.4 is 20.9 Å². The summed E-state index contributed by atoms with van der Waals surface area (Å²) in [5.74, 6) is -0.474. The molecule has 3 N–H and O–H groups in total. The third-order valence-electron chi connectivity index (χ3n) is 5.57. The van der Waals surface area contributed by atoms with Crippen LogP contribution in [0, 0.1) is 6.92 Å². The van der Waals surface area contributed by atoms with Gasteiger partial charge in [0.1, 0.15) is 12.4 Å². The summed E-state index contributed by atoms with van der Waals surface area (Å²) >= 11 is 0. The third-order valence-corrected chi connectivity index (χ3v) is 5.57. The van der Waals surface area contributed by atoms with Crippen molar-refractivity contribution >= 4 is 23.4 Å². The minimum absolute atomic E-state index is 0.166. The van der Waals surface area contributed by atoms with Gasteiger partial charge in [-0.2, -0.15) is 0 Å². The summed E-state index contributed by atoms with van der Waals surface area (Å²) in [7, 11) is 0. The minimum atomic E-state index is -1.00. The fourth-order valence-corrected chi connectivity index (χ4v) is 3.62. The van der Waals surface area contributed by atoms with Gasteiger partial charge >= 0.3 is 12.0 Å². The maximum atomic E-state index is 13.0. The molecule has 0 bridgehead atoms. The summed E-state index contributed by atoms with van der Waals surface area (Å²) in [6.45, 7) is 2.49. The second kappa shape index (κ2) is 11.1. The Labute approximate surface area is 207 Å². The largest absolute Gasteiger partial charge is 0.492 e. The molecule has 4 rings (SSSR count). The molecule has 0 atom stereocenters. The van der Waals surface area contributed by atoms with Crippen molar-refractivity contribution in [1.29, 1.82) is 0 Å². The van der Waals surface area contributed by atoms with Gasteiger partial charge in [0.25, 0.3) is 5.56 Å². The average molecular weight is 484 g/mol. The first kappa shape index (κ1) is 24.3. The number of nitrogens with zero attached hydrogens (tertiary/aromatic N) is 1. The predicted octanol–water partition coefficient (Wildman–Crippen LogP) is 5.24. The summed E-state index contributed by atoms with van der Waals surface area (Å²) in [5.41, 5.74) is 3.56. The number of pyridine rings is 1. The number of benzene rings is 3. The smallest absolute Gasteiger partial charge is 0.335 e. The Bertz CT molecular complexity index is 1430. The van der Waals surface area contributed by atoms with E-state index in [1.54, 1.807) is 59.3 Å². The monoisotopic (exact) mass is 483 g/mol. The highest BCUT2D eigenvalue weighted by atomic mass is 16.5. The van der Waals surface area contributed by atoms with Crippen LogP contribution in [0.15, 0.2) is 95.9 Å². The van der Waals surface area contributed by atoms with Crippen molar-refractivity contribution in [2.24, 2.45) is 0 Å². The Kier molecular flexibility index (Phi) is 7.45. The minimum Gasteiger partial charge on any atom is -0.492 e. The molecule has 0 aliphatic carbocycles. The van der Waals surface area contributed by atoms with Crippen LogP contribution in [-0.4, -0.2) is 28.3 Å². The zero-order valence-corrected chi connectivity index (χ0v) is 19.6. The maximum Gasteiger partial charge on any atom is 0.335 e. The molecule has 36 heavy (non-hydrogen) atoms. The molecule has 0 saturated carbocycles. The number of ether oxygens (including phenoxy) is 1. The number of carboxylic acids is 1. The molecule has 4 aromatic rings. The van der Waals surface area contributed by atoms with Gasteiger partial charge in [0.15, 0.2) is 0 Å². The van der Waals surface area contributed by atoms with Crippen LogP contribution in [0.25, 0.3) is 11.1 Å². The van der Waals surface area contributed by atoms with E-state index in [0.29, 0.717) is 23.5 Å². The van der Waals surface area contributed by atoms with Crippen LogP contribution in [0.4, 0.5) is 16.2 Å². The first-order valence-corrected chi connectivity index (χ1v) is 11.3. The van der Waals surface area contributed by atoms with Gasteiger partial charge in [0.2, 0.25) is 0 Å². The molecule has 0 fully saturated rings. The van der Waals surface area contributed by atoms with Crippen LogP contribution >= 0.6 is 0 Å². The molecule has 2 amide bonds. The van der Waals surface area contributed by atoms with E-state index in [0.717, 1.165) is 16.8 Å². The van der Waals surface area contributed by atoms with Crippen molar-refractivity contribution in [3.05, 3.63) is 113 Å². The van der Waals surface area contributed by atoms with E-state index in [9.17, 15) is 14.4 Å². The summed E-state index contributed by atoms with van der Waals surface area (Å²) in [4.78, 5) is 36.3. The molecule has 0 spiro atoms. The number of para-hydroxylation sites is 1. The lowest BCUT2D eigenvalue weighted by atomic mass is 10.1. The molecule has 0 aliphatic heterocycles. The van der Waals surface area contributed by atoms with Crippen molar-refractivity contribution in [2.75, 3.05) is 17.2 Å². The third kappa shape index (κ3) is 5.98. The standard InChI is InChI=1S/C28H25N3O5/c1-19-5-2-3-7-25(19)30-28(35)29-22-12-8-20(9-13-22)24-6-4-16-31(26(24)32)17-18-36-23-14-10-21(11-15-23)27(33)34/h2-16H,17-18H2,1H3,(H,33,34)(H2,29,30,35). The first-order valence-electron chi connectivity index (χ1n) is 11.3. The number of amides is 2. The molecule has 0 saturated heterocycles. The zero-order valence-electron chi connectivity index (χ0n) is 19.6. The number of aromatic nitrogens is 1. The maximum absolute atomic E-state index is 13.0.